The lowest BCUT2D eigenvalue weighted by Gasteiger charge is -2.26. The van der Waals surface area contributed by atoms with E-state index in [1.807, 2.05) is 0 Å². The van der Waals surface area contributed by atoms with E-state index >= 15 is 0 Å². The van der Waals surface area contributed by atoms with Crippen molar-refractivity contribution < 1.29 is 14.7 Å². The van der Waals surface area contributed by atoms with Crippen molar-refractivity contribution in [2.45, 2.75) is 0 Å². The number of morpholine rings is 1. The Morgan fingerprint density at radius 1 is 1.45 bits per heavy atom. The first kappa shape index (κ1) is 15.6. The maximum Gasteiger partial charge on any atom is 0.142 e. The maximum absolute atomic E-state index is 8.69. The van der Waals surface area contributed by atoms with E-state index in [1.54, 1.807) is 12.1 Å². The lowest BCUT2D eigenvalue weighted by Crippen LogP contribution is -2.38. The van der Waals surface area contributed by atoms with E-state index < -0.39 is 0 Å². The number of rotatable bonds is 5. The Balaban J connectivity index is 1.97. The number of ether oxygens (including phenoxy) is 2. The van der Waals surface area contributed by atoms with Crippen LogP contribution >= 0.6 is 27.5 Å². The molecule has 1 saturated heterocycles. The van der Waals surface area contributed by atoms with Gasteiger partial charge in [0.05, 0.1) is 23.9 Å². The van der Waals surface area contributed by atoms with Crippen LogP contribution in [0.15, 0.2) is 21.8 Å². The summed E-state index contributed by atoms with van der Waals surface area (Å²) in [5, 5.41) is 12.3. The van der Waals surface area contributed by atoms with Gasteiger partial charge in [0.25, 0.3) is 0 Å². The molecule has 1 aromatic carbocycles. The van der Waals surface area contributed by atoms with E-state index in [4.69, 9.17) is 26.3 Å². The van der Waals surface area contributed by atoms with E-state index in [1.165, 1.54) is 6.21 Å². The minimum Gasteiger partial charge on any atom is -0.490 e. The van der Waals surface area contributed by atoms with E-state index in [2.05, 4.69) is 26.0 Å². The van der Waals surface area contributed by atoms with Gasteiger partial charge in [-0.2, -0.15) is 0 Å². The molecule has 1 N–H and O–H groups in total. The second kappa shape index (κ2) is 7.83. The molecular formula is C13H16BrClN2O3. The van der Waals surface area contributed by atoms with Gasteiger partial charge >= 0.3 is 0 Å². The molecule has 0 aliphatic carbocycles. The number of oxime groups is 1. The van der Waals surface area contributed by atoms with Crippen LogP contribution in [0, 0.1) is 0 Å². The summed E-state index contributed by atoms with van der Waals surface area (Å²) in [5.41, 5.74) is 0.633. The molecule has 0 amide bonds. The second-order valence-corrected chi connectivity index (χ2v) is 5.64. The SMILES string of the molecule is ON=Cc1cc(Cl)cc(Br)c1OCCN1CCOCC1. The van der Waals surface area contributed by atoms with E-state index in [0.717, 1.165) is 37.3 Å². The third kappa shape index (κ3) is 4.34. The van der Waals surface area contributed by atoms with Crippen LogP contribution in [-0.2, 0) is 4.74 Å². The van der Waals surface area contributed by atoms with Gasteiger partial charge in [-0.15, -0.1) is 0 Å². The van der Waals surface area contributed by atoms with E-state index in [-0.39, 0.29) is 0 Å². The smallest absolute Gasteiger partial charge is 0.142 e. The monoisotopic (exact) mass is 362 g/mol. The Hall–Kier alpha value is -0.820. The van der Waals surface area contributed by atoms with Crippen molar-refractivity contribution in [1.29, 1.82) is 0 Å². The Morgan fingerprint density at radius 2 is 2.20 bits per heavy atom. The molecule has 1 heterocycles. The average molecular weight is 364 g/mol. The summed E-state index contributed by atoms with van der Waals surface area (Å²) in [6.45, 7) is 4.77. The summed E-state index contributed by atoms with van der Waals surface area (Å²) in [7, 11) is 0. The van der Waals surface area contributed by atoms with Crippen molar-refractivity contribution in [3.8, 4) is 5.75 Å². The van der Waals surface area contributed by atoms with Crippen molar-refractivity contribution in [2.24, 2.45) is 5.16 Å². The van der Waals surface area contributed by atoms with E-state index in [9.17, 15) is 0 Å². The summed E-state index contributed by atoms with van der Waals surface area (Å²) in [4.78, 5) is 2.28. The minimum absolute atomic E-state index is 0.548. The Labute approximate surface area is 131 Å². The van der Waals surface area contributed by atoms with Gasteiger partial charge in [-0.3, -0.25) is 4.90 Å². The van der Waals surface area contributed by atoms with Gasteiger partial charge < -0.3 is 14.7 Å². The summed E-state index contributed by atoms with van der Waals surface area (Å²) in [6.07, 6.45) is 1.31. The molecule has 2 rings (SSSR count). The topological polar surface area (TPSA) is 54.3 Å². The fourth-order valence-corrected chi connectivity index (χ4v) is 2.94. The number of hydrogen-bond donors (Lipinski definition) is 1. The van der Waals surface area contributed by atoms with Crippen LogP contribution in [0.1, 0.15) is 5.56 Å². The van der Waals surface area contributed by atoms with Crippen LogP contribution in [0.2, 0.25) is 5.02 Å². The number of halogens is 2. The highest BCUT2D eigenvalue weighted by Gasteiger charge is 2.12. The third-order valence-electron chi connectivity index (χ3n) is 2.99. The lowest BCUT2D eigenvalue weighted by molar-refractivity contribution is 0.0322. The molecule has 0 aromatic heterocycles. The molecule has 0 atom stereocenters. The first-order valence-electron chi connectivity index (χ1n) is 6.30. The standard InChI is InChI=1S/C13H16BrClN2O3/c14-12-8-11(15)7-10(9-16-18)13(12)20-6-3-17-1-4-19-5-2-17/h7-9,18H,1-6H2. The predicted molar refractivity (Wildman–Crippen MR) is 81.3 cm³/mol. The van der Waals surface area contributed by atoms with Crippen molar-refractivity contribution >= 4 is 33.7 Å². The first-order chi connectivity index (χ1) is 9.70. The zero-order chi connectivity index (χ0) is 14.4. The summed E-state index contributed by atoms with van der Waals surface area (Å²) in [6, 6.07) is 3.44. The lowest BCUT2D eigenvalue weighted by atomic mass is 10.2. The van der Waals surface area contributed by atoms with Crippen LogP contribution in [0.5, 0.6) is 5.75 Å². The molecule has 5 nitrogen and oxygen atoms in total. The van der Waals surface area contributed by atoms with Gasteiger partial charge in [0.15, 0.2) is 0 Å². The first-order valence-corrected chi connectivity index (χ1v) is 7.47. The summed E-state index contributed by atoms with van der Waals surface area (Å²) >= 11 is 9.37. The van der Waals surface area contributed by atoms with Gasteiger partial charge in [0, 0.05) is 30.2 Å². The molecule has 7 heteroatoms. The molecule has 0 spiro atoms. The summed E-state index contributed by atoms with van der Waals surface area (Å²) in [5.74, 6) is 0.625. The number of hydrogen-bond acceptors (Lipinski definition) is 5. The van der Waals surface area contributed by atoms with Crippen LogP contribution in [0.4, 0.5) is 0 Å². The Kier molecular flexibility index (Phi) is 6.09. The van der Waals surface area contributed by atoms with E-state index in [0.29, 0.717) is 22.9 Å². The zero-order valence-electron chi connectivity index (χ0n) is 10.9. The largest absolute Gasteiger partial charge is 0.490 e. The van der Waals surface area contributed by atoms with Crippen molar-refractivity contribution in [2.75, 3.05) is 39.5 Å². The van der Waals surface area contributed by atoms with Crippen molar-refractivity contribution in [3.63, 3.8) is 0 Å². The normalized spacial score (nSPS) is 16.7. The predicted octanol–water partition coefficient (Wildman–Crippen LogP) is 2.62. The van der Waals surface area contributed by atoms with Crippen molar-refractivity contribution in [3.05, 3.63) is 27.2 Å². The molecule has 20 heavy (non-hydrogen) atoms. The quantitative estimate of drug-likeness (QED) is 0.496. The molecular weight excluding hydrogens is 348 g/mol. The summed E-state index contributed by atoms with van der Waals surface area (Å²) < 4.78 is 11.8. The van der Waals surface area contributed by atoms with Crippen LogP contribution < -0.4 is 4.74 Å². The number of nitrogens with zero attached hydrogens (tertiary/aromatic N) is 2. The Morgan fingerprint density at radius 3 is 2.90 bits per heavy atom. The molecule has 0 unspecified atom stereocenters. The third-order valence-corrected chi connectivity index (χ3v) is 3.80. The number of benzene rings is 1. The zero-order valence-corrected chi connectivity index (χ0v) is 13.2. The molecule has 0 radical (unpaired) electrons. The van der Waals surface area contributed by atoms with Crippen LogP contribution in [-0.4, -0.2) is 55.8 Å². The molecule has 110 valence electrons. The van der Waals surface area contributed by atoms with Gasteiger partial charge in [-0.1, -0.05) is 16.8 Å². The maximum atomic E-state index is 8.69. The highest BCUT2D eigenvalue weighted by molar-refractivity contribution is 9.10. The van der Waals surface area contributed by atoms with Crippen LogP contribution in [0.25, 0.3) is 0 Å². The van der Waals surface area contributed by atoms with Gasteiger partial charge in [0.2, 0.25) is 0 Å². The fourth-order valence-electron chi connectivity index (χ4n) is 1.99. The van der Waals surface area contributed by atoms with Crippen molar-refractivity contribution in [1.82, 2.24) is 4.90 Å². The molecule has 1 aromatic rings. The van der Waals surface area contributed by atoms with Crippen LogP contribution in [0.3, 0.4) is 0 Å². The van der Waals surface area contributed by atoms with Gasteiger partial charge in [0.1, 0.15) is 12.4 Å². The molecule has 1 aliphatic rings. The van der Waals surface area contributed by atoms with Gasteiger partial charge in [-0.25, -0.2) is 0 Å². The second-order valence-electron chi connectivity index (χ2n) is 4.35. The molecule has 0 bridgehead atoms. The molecule has 1 aliphatic heterocycles. The van der Waals surface area contributed by atoms with Gasteiger partial charge in [-0.05, 0) is 28.1 Å². The average Bonchev–Trinajstić information content (AvgIpc) is 2.43. The highest BCUT2D eigenvalue weighted by atomic mass is 79.9. The fraction of sp³-hybridized carbons (Fsp3) is 0.462. The Bertz CT molecular complexity index is 479. The highest BCUT2D eigenvalue weighted by Crippen LogP contribution is 2.31. The molecule has 0 saturated carbocycles. The molecule has 1 fully saturated rings. The minimum atomic E-state index is 0.548.